The molecule has 11 heteroatoms. The summed E-state index contributed by atoms with van der Waals surface area (Å²) in [5, 5.41) is 15.6. The fraction of sp³-hybridized carbons (Fsp3) is 0.167. The number of nitrogens with one attached hydrogen (secondary N) is 2. The molecule has 3 aromatic rings. The number of aromatic hydroxyl groups is 1. The molecular formula is C24H23BrN4O5S. The molecule has 1 heterocycles. The van der Waals surface area contributed by atoms with Crippen LogP contribution in [0.2, 0.25) is 0 Å². The van der Waals surface area contributed by atoms with Crippen LogP contribution in [-0.2, 0) is 16.1 Å². The summed E-state index contributed by atoms with van der Waals surface area (Å²) in [6.07, 6.45) is 3.08. The number of hydrogen-bond acceptors (Lipinski definition) is 8. The summed E-state index contributed by atoms with van der Waals surface area (Å²) in [7, 11) is 4.92. The lowest BCUT2D eigenvalue weighted by Crippen LogP contribution is -2.28. The van der Waals surface area contributed by atoms with Gasteiger partial charge in [-0.1, -0.05) is 23.5 Å². The Balaban J connectivity index is 1.73. The average Bonchev–Trinajstić information content (AvgIpc) is 3.30. The number of esters is 1. The fourth-order valence-corrected chi connectivity index (χ4v) is 4.27. The Labute approximate surface area is 214 Å². The number of carbonyl (C=O) groups is 3. The van der Waals surface area contributed by atoms with Gasteiger partial charge in [-0.05, 0) is 57.9 Å². The third kappa shape index (κ3) is 6.90. The van der Waals surface area contributed by atoms with Crippen LogP contribution in [-0.4, -0.2) is 49.1 Å². The third-order valence-electron chi connectivity index (χ3n) is 4.67. The lowest BCUT2D eigenvalue weighted by Gasteiger charge is -2.11. The van der Waals surface area contributed by atoms with Gasteiger partial charge in [0.25, 0.3) is 11.8 Å². The molecule has 0 aliphatic heterocycles. The van der Waals surface area contributed by atoms with Crippen LogP contribution in [0.15, 0.2) is 58.8 Å². The SMILES string of the molecule is COC(=O)C(=Cc1cnc(N(C)C)s1)NC(=O)c1ccc(C(=O)NCc2cccc(O)c2)cc1Br. The molecule has 0 fully saturated rings. The summed E-state index contributed by atoms with van der Waals surface area (Å²) >= 11 is 4.67. The lowest BCUT2D eigenvalue weighted by molar-refractivity contribution is -0.136. The number of ether oxygens (including phenoxy) is 1. The van der Waals surface area contributed by atoms with Crippen molar-refractivity contribution in [1.82, 2.24) is 15.6 Å². The zero-order valence-electron chi connectivity index (χ0n) is 19.2. The Morgan fingerprint density at radius 3 is 2.57 bits per heavy atom. The van der Waals surface area contributed by atoms with Gasteiger partial charge in [0.05, 0.1) is 17.6 Å². The number of nitrogens with zero attached hydrogens (tertiary/aromatic N) is 2. The zero-order valence-corrected chi connectivity index (χ0v) is 21.6. The molecule has 3 N–H and O–H groups in total. The fourth-order valence-electron chi connectivity index (χ4n) is 2.93. The van der Waals surface area contributed by atoms with Crippen LogP contribution >= 0.6 is 27.3 Å². The van der Waals surface area contributed by atoms with Crippen LogP contribution in [0.3, 0.4) is 0 Å². The molecule has 2 amide bonds. The van der Waals surface area contributed by atoms with Crippen LogP contribution in [0.4, 0.5) is 5.13 Å². The first-order valence-corrected chi connectivity index (χ1v) is 11.9. The van der Waals surface area contributed by atoms with E-state index in [4.69, 9.17) is 4.74 Å². The van der Waals surface area contributed by atoms with E-state index in [-0.39, 0.29) is 29.5 Å². The van der Waals surface area contributed by atoms with Crippen LogP contribution in [0.25, 0.3) is 6.08 Å². The number of methoxy groups -OCH3 is 1. The van der Waals surface area contributed by atoms with Gasteiger partial charge in [0.1, 0.15) is 11.4 Å². The number of aromatic nitrogens is 1. The first-order valence-electron chi connectivity index (χ1n) is 10.3. The highest BCUT2D eigenvalue weighted by molar-refractivity contribution is 9.10. The second-order valence-electron chi connectivity index (χ2n) is 7.49. The molecule has 1 aromatic heterocycles. The molecule has 0 atom stereocenters. The molecular weight excluding hydrogens is 536 g/mol. The van der Waals surface area contributed by atoms with E-state index in [1.54, 1.807) is 30.5 Å². The van der Waals surface area contributed by atoms with Gasteiger partial charge in [0.2, 0.25) is 0 Å². The lowest BCUT2D eigenvalue weighted by atomic mass is 10.1. The Hall–Kier alpha value is -3.70. The topological polar surface area (TPSA) is 121 Å². The van der Waals surface area contributed by atoms with E-state index in [1.165, 1.54) is 42.7 Å². The van der Waals surface area contributed by atoms with Gasteiger partial charge in [0.15, 0.2) is 5.13 Å². The largest absolute Gasteiger partial charge is 0.508 e. The van der Waals surface area contributed by atoms with Crippen molar-refractivity contribution in [3.8, 4) is 5.75 Å². The van der Waals surface area contributed by atoms with Crippen molar-refractivity contribution < 1.29 is 24.2 Å². The molecule has 0 radical (unpaired) electrons. The maximum atomic E-state index is 12.9. The molecule has 9 nitrogen and oxygen atoms in total. The van der Waals surface area contributed by atoms with E-state index >= 15 is 0 Å². The molecule has 2 aromatic carbocycles. The molecule has 3 rings (SSSR count). The minimum Gasteiger partial charge on any atom is -0.508 e. The minimum absolute atomic E-state index is 0.0497. The van der Waals surface area contributed by atoms with E-state index in [9.17, 15) is 19.5 Å². The van der Waals surface area contributed by atoms with Gasteiger partial charge in [-0.3, -0.25) is 9.59 Å². The van der Waals surface area contributed by atoms with Crippen molar-refractivity contribution in [2.75, 3.05) is 26.1 Å². The number of benzene rings is 2. The van der Waals surface area contributed by atoms with Crippen molar-refractivity contribution >= 4 is 56.3 Å². The molecule has 0 aliphatic rings. The maximum absolute atomic E-state index is 12.9. The van der Waals surface area contributed by atoms with Gasteiger partial charge in [-0.15, -0.1) is 0 Å². The van der Waals surface area contributed by atoms with Crippen LogP contribution in [0, 0.1) is 0 Å². The average molecular weight is 559 g/mol. The van der Waals surface area contributed by atoms with E-state index in [0.29, 0.717) is 14.9 Å². The highest BCUT2D eigenvalue weighted by Crippen LogP contribution is 2.23. The highest BCUT2D eigenvalue weighted by Gasteiger charge is 2.19. The zero-order chi connectivity index (χ0) is 25.5. The van der Waals surface area contributed by atoms with Crippen LogP contribution in [0.5, 0.6) is 5.75 Å². The standard InChI is InChI=1S/C24H23BrN4O5S/c1-29(2)24-27-13-17(35-24)11-20(23(33)34-3)28-22(32)18-8-7-15(10-19(18)25)21(31)26-12-14-5-4-6-16(30)9-14/h4-11,13,30H,12H2,1-3H3,(H,26,31)(H,28,32). The number of amides is 2. The van der Waals surface area contributed by atoms with Gasteiger partial charge < -0.3 is 25.4 Å². The van der Waals surface area contributed by atoms with Crippen LogP contribution in [0.1, 0.15) is 31.2 Å². The number of hydrogen-bond donors (Lipinski definition) is 3. The Morgan fingerprint density at radius 2 is 1.94 bits per heavy atom. The van der Waals surface area contributed by atoms with Gasteiger partial charge in [0, 0.05) is 36.9 Å². The van der Waals surface area contributed by atoms with Crippen molar-refractivity contribution in [3.63, 3.8) is 0 Å². The Kier molecular flexibility index (Phi) is 8.61. The second-order valence-corrected chi connectivity index (χ2v) is 9.39. The van der Waals surface area contributed by atoms with E-state index < -0.39 is 11.9 Å². The maximum Gasteiger partial charge on any atom is 0.354 e. The monoisotopic (exact) mass is 558 g/mol. The number of phenols is 1. The first-order chi connectivity index (χ1) is 16.7. The molecule has 0 saturated carbocycles. The van der Waals surface area contributed by atoms with Gasteiger partial charge >= 0.3 is 5.97 Å². The number of thiazole rings is 1. The van der Waals surface area contributed by atoms with E-state index in [0.717, 1.165) is 10.7 Å². The summed E-state index contributed by atoms with van der Waals surface area (Å²) in [4.78, 5) is 44.4. The molecule has 0 aliphatic carbocycles. The van der Waals surface area contributed by atoms with Crippen molar-refractivity contribution in [2.24, 2.45) is 0 Å². The quantitative estimate of drug-likeness (QED) is 0.285. The van der Waals surface area contributed by atoms with Gasteiger partial charge in [-0.25, -0.2) is 9.78 Å². The first kappa shape index (κ1) is 25.9. The predicted molar refractivity (Wildman–Crippen MR) is 137 cm³/mol. The smallest absolute Gasteiger partial charge is 0.354 e. The van der Waals surface area contributed by atoms with Crippen molar-refractivity contribution in [3.05, 3.63) is 80.4 Å². The number of carbonyl (C=O) groups excluding carboxylic acids is 3. The van der Waals surface area contributed by atoms with E-state index in [1.807, 2.05) is 19.0 Å². The summed E-state index contributed by atoms with van der Waals surface area (Å²) < 4.78 is 5.17. The summed E-state index contributed by atoms with van der Waals surface area (Å²) in [6, 6.07) is 11.1. The number of anilines is 1. The summed E-state index contributed by atoms with van der Waals surface area (Å²) in [6.45, 7) is 0.230. The molecule has 0 unspecified atom stereocenters. The molecule has 182 valence electrons. The summed E-state index contributed by atoms with van der Waals surface area (Å²) in [5.74, 6) is -1.50. The minimum atomic E-state index is -0.711. The third-order valence-corrected chi connectivity index (χ3v) is 6.44. The highest BCUT2D eigenvalue weighted by atomic mass is 79.9. The number of phenolic OH excluding ortho intramolecular Hbond substituents is 1. The van der Waals surface area contributed by atoms with Crippen molar-refractivity contribution in [1.29, 1.82) is 0 Å². The number of halogens is 1. The van der Waals surface area contributed by atoms with Crippen LogP contribution < -0.4 is 15.5 Å². The Bertz CT molecular complexity index is 1290. The molecule has 0 bridgehead atoms. The Morgan fingerprint density at radius 1 is 1.17 bits per heavy atom. The molecule has 35 heavy (non-hydrogen) atoms. The normalized spacial score (nSPS) is 11.0. The number of rotatable bonds is 8. The molecule has 0 spiro atoms. The molecule has 0 saturated heterocycles. The second kappa shape index (κ2) is 11.6. The summed E-state index contributed by atoms with van der Waals surface area (Å²) in [5.41, 5.74) is 1.25. The van der Waals surface area contributed by atoms with E-state index in [2.05, 4.69) is 31.5 Å². The predicted octanol–water partition coefficient (Wildman–Crippen LogP) is 3.55. The van der Waals surface area contributed by atoms with Crippen molar-refractivity contribution in [2.45, 2.75) is 6.54 Å². The van der Waals surface area contributed by atoms with Gasteiger partial charge in [-0.2, -0.15) is 0 Å².